The molecular weight excluding hydrogens is 395 g/mol. The maximum Gasteiger partial charge on any atom is 0.401 e. The van der Waals surface area contributed by atoms with Crippen molar-refractivity contribution >= 4 is 5.96 Å². The first-order valence-electron chi connectivity index (χ1n) is 10.1. The Kier molecular flexibility index (Phi) is 6.96. The molecule has 3 rings (SSSR count). The third kappa shape index (κ3) is 6.19. The van der Waals surface area contributed by atoms with E-state index in [2.05, 4.69) is 25.7 Å². The first-order chi connectivity index (χ1) is 14.2. The minimum absolute atomic E-state index is 0.0586. The third-order valence-corrected chi connectivity index (χ3v) is 4.82. The molecule has 7 nitrogen and oxygen atoms in total. The van der Waals surface area contributed by atoms with Gasteiger partial charge in [-0.1, -0.05) is 6.07 Å². The third-order valence-electron chi connectivity index (χ3n) is 4.82. The van der Waals surface area contributed by atoms with Gasteiger partial charge in [0.05, 0.1) is 18.8 Å². The van der Waals surface area contributed by atoms with E-state index in [1.165, 1.54) is 4.90 Å². The van der Waals surface area contributed by atoms with Gasteiger partial charge in [-0.05, 0) is 44.9 Å². The monoisotopic (exact) mass is 423 g/mol. The van der Waals surface area contributed by atoms with Crippen LogP contribution in [0.1, 0.15) is 30.3 Å². The molecule has 2 N–H and O–H groups in total. The second-order valence-electron chi connectivity index (χ2n) is 7.54. The Labute approximate surface area is 174 Å². The lowest BCUT2D eigenvalue weighted by atomic mass is 10.2. The van der Waals surface area contributed by atoms with Crippen molar-refractivity contribution in [3.63, 3.8) is 0 Å². The molecule has 0 saturated carbocycles. The Bertz CT molecular complexity index is 858. The summed E-state index contributed by atoms with van der Waals surface area (Å²) in [5.74, 6) is 1.34. The SMILES string of the molecule is CCNC(=NCc1ccc(-n2nc(C)cc2C)nc1)NC1CCN(CC(F)(F)F)C1. The molecule has 1 saturated heterocycles. The van der Waals surface area contributed by atoms with Gasteiger partial charge in [-0.3, -0.25) is 4.90 Å². The van der Waals surface area contributed by atoms with Crippen molar-refractivity contribution < 1.29 is 13.2 Å². The van der Waals surface area contributed by atoms with Crippen molar-refractivity contribution in [2.24, 2.45) is 4.99 Å². The number of pyridine rings is 1. The van der Waals surface area contributed by atoms with Gasteiger partial charge >= 0.3 is 6.18 Å². The first kappa shape index (κ1) is 22.1. The summed E-state index contributed by atoms with van der Waals surface area (Å²) in [4.78, 5) is 10.5. The van der Waals surface area contributed by atoms with Crippen molar-refractivity contribution in [1.29, 1.82) is 0 Å². The van der Waals surface area contributed by atoms with Crippen molar-refractivity contribution in [3.05, 3.63) is 41.3 Å². The van der Waals surface area contributed by atoms with Gasteiger partial charge in [0.25, 0.3) is 0 Å². The quantitative estimate of drug-likeness (QED) is 0.552. The van der Waals surface area contributed by atoms with E-state index in [0.717, 1.165) is 22.8 Å². The highest BCUT2D eigenvalue weighted by Gasteiger charge is 2.34. The molecule has 0 bridgehead atoms. The normalized spacial score (nSPS) is 18.1. The number of aliphatic imine (C=N–C) groups is 1. The molecule has 0 radical (unpaired) electrons. The molecule has 2 aromatic heterocycles. The summed E-state index contributed by atoms with van der Waals surface area (Å²) in [5, 5.41) is 10.8. The van der Waals surface area contributed by atoms with Gasteiger partial charge in [0, 0.05) is 37.6 Å². The molecule has 0 amide bonds. The molecular formula is C20H28F3N7. The van der Waals surface area contributed by atoms with Gasteiger partial charge in [0.2, 0.25) is 0 Å². The number of likely N-dealkylation sites (tertiary alicyclic amines) is 1. The van der Waals surface area contributed by atoms with E-state index in [0.29, 0.717) is 38.6 Å². The first-order valence-corrected chi connectivity index (χ1v) is 10.1. The highest BCUT2D eigenvalue weighted by molar-refractivity contribution is 5.80. The lowest BCUT2D eigenvalue weighted by Gasteiger charge is -2.19. The van der Waals surface area contributed by atoms with Gasteiger partial charge in [-0.15, -0.1) is 0 Å². The van der Waals surface area contributed by atoms with Crippen LogP contribution in [-0.2, 0) is 6.54 Å². The Balaban J connectivity index is 1.59. The lowest BCUT2D eigenvalue weighted by molar-refractivity contribution is -0.143. The Morgan fingerprint density at radius 2 is 2.10 bits per heavy atom. The van der Waals surface area contributed by atoms with Crippen LogP contribution in [-0.4, -0.2) is 64.0 Å². The Morgan fingerprint density at radius 1 is 1.30 bits per heavy atom. The average Bonchev–Trinajstić information content (AvgIpc) is 3.24. The van der Waals surface area contributed by atoms with Crippen molar-refractivity contribution in [2.75, 3.05) is 26.2 Å². The molecule has 10 heteroatoms. The summed E-state index contributed by atoms with van der Waals surface area (Å²) in [6.45, 7) is 6.86. The molecule has 1 atom stereocenters. The molecule has 0 spiro atoms. The lowest BCUT2D eigenvalue weighted by Crippen LogP contribution is -2.45. The van der Waals surface area contributed by atoms with Crippen LogP contribution in [0.5, 0.6) is 0 Å². The number of hydrogen-bond donors (Lipinski definition) is 2. The van der Waals surface area contributed by atoms with Crippen LogP contribution in [0.2, 0.25) is 0 Å². The maximum atomic E-state index is 12.6. The van der Waals surface area contributed by atoms with Crippen molar-refractivity contribution in [2.45, 2.75) is 46.0 Å². The number of alkyl halides is 3. The maximum absolute atomic E-state index is 12.6. The summed E-state index contributed by atoms with van der Waals surface area (Å²) in [6.07, 6.45) is -1.75. The largest absolute Gasteiger partial charge is 0.401 e. The van der Waals surface area contributed by atoms with Crippen LogP contribution in [0, 0.1) is 13.8 Å². The van der Waals surface area contributed by atoms with Crippen LogP contribution in [0.4, 0.5) is 13.2 Å². The zero-order valence-electron chi connectivity index (χ0n) is 17.5. The Morgan fingerprint density at radius 3 is 2.70 bits per heavy atom. The molecule has 3 heterocycles. The van der Waals surface area contributed by atoms with E-state index in [1.807, 2.05) is 39.0 Å². The van der Waals surface area contributed by atoms with Gasteiger partial charge in [0.15, 0.2) is 11.8 Å². The molecule has 1 aliphatic rings. The van der Waals surface area contributed by atoms with Crippen LogP contribution in [0.3, 0.4) is 0 Å². The molecule has 30 heavy (non-hydrogen) atoms. The van der Waals surface area contributed by atoms with E-state index in [-0.39, 0.29) is 6.04 Å². The van der Waals surface area contributed by atoms with E-state index in [9.17, 15) is 13.2 Å². The Hall–Kier alpha value is -2.62. The van der Waals surface area contributed by atoms with E-state index < -0.39 is 12.7 Å². The molecule has 1 aliphatic heterocycles. The molecule has 164 valence electrons. The standard InChI is InChI=1S/C20H28F3N7/c1-4-24-19(27-17-7-8-29(12-17)13-20(21,22)23)26-11-16-5-6-18(25-10-16)30-15(3)9-14(2)28-30/h5-6,9-10,17H,4,7-8,11-13H2,1-3H3,(H2,24,26,27). The topological polar surface area (TPSA) is 70.4 Å². The number of nitrogens with one attached hydrogen (secondary N) is 2. The zero-order chi connectivity index (χ0) is 21.7. The number of guanidine groups is 1. The molecule has 1 unspecified atom stereocenters. The minimum atomic E-state index is -4.17. The van der Waals surface area contributed by atoms with Crippen LogP contribution in [0.15, 0.2) is 29.4 Å². The minimum Gasteiger partial charge on any atom is -0.357 e. The molecule has 0 aromatic carbocycles. The number of nitrogens with zero attached hydrogens (tertiary/aromatic N) is 5. The van der Waals surface area contributed by atoms with Crippen molar-refractivity contribution in [3.8, 4) is 5.82 Å². The second kappa shape index (κ2) is 9.46. The van der Waals surface area contributed by atoms with Crippen LogP contribution >= 0.6 is 0 Å². The summed E-state index contributed by atoms with van der Waals surface area (Å²) in [5.41, 5.74) is 2.88. The van der Waals surface area contributed by atoms with Crippen LogP contribution < -0.4 is 10.6 Å². The summed E-state index contributed by atoms with van der Waals surface area (Å²) in [6, 6.07) is 5.78. The number of rotatable bonds is 6. The number of hydrogen-bond acceptors (Lipinski definition) is 4. The smallest absolute Gasteiger partial charge is 0.357 e. The van der Waals surface area contributed by atoms with E-state index >= 15 is 0 Å². The highest BCUT2D eigenvalue weighted by Crippen LogP contribution is 2.20. The van der Waals surface area contributed by atoms with Gasteiger partial charge in [-0.2, -0.15) is 18.3 Å². The van der Waals surface area contributed by atoms with Gasteiger partial charge in [0.1, 0.15) is 0 Å². The molecule has 0 aliphatic carbocycles. The molecule has 2 aromatic rings. The summed E-state index contributed by atoms with van der Waals surface area (Å²) >= 11 is 0. The number of halogens is 3. The average molecular weight is 423 g/mol. The summed E-state index contributed by atoms with van der Waals surface area (Å²) in [7, 11) is 0. The predicted octanol–water partition coefficient (Wildman–Crippen LogP) is 2.58. The zero-order valence-corrected chi connectivity index (χ0v) is 17.5. The van der Waals surface area contributed by atoms with Crippen molar-refractivity contribution in [1.82, 2.24) is 30.3 Å². The van der Waals surface area contributed by atoms with Gasteiger partial charge in [-0.25, -0.2) is 14.7 Å². The fourth-order valence-corrected chi connectivity index (χ4v) is 3.53. The van der Waals surface area contributed by atoms with E-state index in [1.54, 1.807) is 10.9 Å². The predicted molar refractivity (Wildman–Crippen MR) is 110 cm³/mol. The highest BCUT2D eigenvalue weighted by atomic mass is 19.4. The van der Waals surface area contributed by atoms with Gasteiger partial charge < -0.3 is 10.6 Å². The van der Waals surface area contributed by atoms with Crippen LogP contribution in [0.25, 0.3) is 5.82 Å². The molecule has 1 fully saturated rings. The summed E-state index contributed by atoms with van der Waals surface area (Å²) < 4.78 is 39.5. The van der Waals surface area contributed by atoms with E-state index in [4.69, 9.17) is 0 Å². The number of aromatic nitrogens is 3. The fraction of sp³-hybridized carbons (Fsp3) is 0.550. The number of aryl methyl sites for hydroxylation is 2. The fourth-order valence-electron chi connectivity index (χ4n) is 3.53. The second-order valence-corrected chi connectivity index (χ2v) is 7.54.